The monoisotopic (exact) mass is 348 g/mol. The second-order valence-electron chi connectivity index (χ2n) is 7.05. The number of aryl methyl sites for hydroxylation is 1. The highest BCUT2D eigenvalue weighted by Crippen LogP contribution is 2.31. The van der Waals surface area contributed by atoms with Crippen LogP contribution in [0.15, 0.2) is 43.3 Å². The molecule has 1 aromatic rings. The molecule has 1 heterocycles. The summed E-state index contributed by atoms with van der Waals surface area (Å²) in [5.41, 5.74) is 4.29. The van der Waals surface area contributed by atoms with Crippen molar-refractivity contribution < 1.29 is 8.78 Å². The highest BCUT2D eigenvalue weighted by Gasteiger charge is 2.25. The Kier molecular flexibility index (Phi) is 7.03. The quantitative estimate of drug-likeness (QED) is 0.649. The van der Waals surface area contributed by atoms with E-state index in [2.05, 4.69) is 42.0 Å². The van der Waals surface area contributed by atoms with E-state index in [1.807, 2.05) is 19.2 Å². The molecule has 4 heteroatoms. The summed E-state index contributed by atoms with van der Waals surface area (Å²) >= 11 is 0. The summed E-state index contributed by atoms with van der Waals surface area (Å²) in [7, 11) is 0. The molecule has 0 bridgehead atoms. The van der Waals surface area contributed by atoms with E-state index in [0.29, 0.717) is 12.5 Å². The molecule has 0 saturated carbocycles. The third-order valence-corrected chi connectivity index (χ3v) is 5.02. The first-order valence-corrected chi connectivity index (χ1v) is 9.03. The van der Waals surface area contributed by atoms with Crippen LogP contribution < -0.4 is 4.90 Å². The molecule has 0 radical (unpaired) electrons. The lowest BCUT2D eigenvalue weighted by atomic mass is 9.97. The Hall–Kier alpha value is -1.84. The summed E-state index contributed by atoms with van der Waals surface area (Å²) in [5.74, 6) is -0.536. The zero-order valence-corrected chi connectivity index (χ0v) is 15.5. The average Bonchev–Trinajstić information content (AvgIpc) is 2.62. The number of benzene rings is 1. The predicted molar refractivity (Wildman–Crippen MR) is 102 cm³/mol. The zero-order chi connectivity index (χ0) is 18.4. The number of alkyl halides is 2. The van der Waals surface area contributed by atoms with Gasteiger partial charge in [0.25, 0.3) is 0 Å². The van der Waals surface area contributed by atoms with Crippen molar-refractivity contribution in [1.82, 2.24) is 4.90 Å². The van der Waals surface area contributed by atoms with Crippen LogP contribution in [-0.4, -0.2) is 37.4 Å². The van der Waals surface area contributed by atoms with Gasteiger partial charge in [0.05, 0.1) is 13.3 Å². The number of halogens is 2. The molecule has 0 spiro atoms. The first kappa shape index (κ1) is 19.5. The van der Waals surface area contributed by atoms with E-state index in [1.165, 1.54) is 0 Å². The van der Waals surface area contributed by atoms with Crippen molar-refractivity contribution in [3.63, 3.8) is 0 Å². The molecule has 1 fully saturated rings. The number of likely N-dealkylation sites (tertiary alicyclic amines) is 1. The van der Waals surface area contributed by atoms with Gasteiger partial charge in [-0.3, -0.25) is 8.78 Å². The molecule has 0 amide bonds. The van der Waals surface area contributed by atoms with Crippen LogP contribution in [0.4, 0.5) is 14.5 Å². The van der Waals surface area contributed by atoms with Crippen LogP contribution in [0.3, 0.4) is 0 Å². The minimum atomic E-state index is -0.614. The van der Waals surface area contributed by atoms with Gasteiger partial charge in [-0.25, -0.2) is 0 Å². The van der Waals surface area contributed by atoms with E-state index in [0.717, 1.165) is 48.4 Å². The molecular formula is C21H30F2N2. The van der Waals surface area contributed by atoms with Gasteiger partial charge in [-0.05, 0) is 56.5 Å². The van der Waals surface area contributed by atoms with Crippen molar-refractivity contribution in [2.45, 2.75) is 39.2 Å². The number of anilines is 1. The molecule has 0 atom stereocenters. The van der Waals surface area contributed by atoms with Crippen LogP contribution >= 0.6 is 0 Å². The molecular weight excluding hydrogens is 318 g/mol. The third kappa shape index (κ3) is 4.83. The number of nitrogens with zero attached hydrogens (tertiary/aromatic N) is 2. The fraction of sp³-hybridized carbons (Fsp3) is 0.524. The Morgan fingerprint density at radius 3 is 2.44 bits per heavy atom. The summed E-state index contributed by atoms with van der Waals surface area (Å²) in [4.78, 5) is 4.57. The van der Waals surface area contributed by atoms with Crippen molar-refractivity contribution >= 4 is 5.69 Å². The van der Waals surface area contributed by atoms with Crippen LogP contribution in [0.2, 0.25) is 0 Å². The van der Waals surface area contributed by atoms with E-state index in [9.17, 15) is 8.78 Å². The Bertz CT molecular complexity index is 588. The Balaban J connectivity index is 2.18. The predicted octanol–water partition coefficient (Wildman–Crippen LogP) is 5.04. The molecule has 25 heavy (non-hydrogen) atoms. The lowest BCUT2D eigenvalue weighted by Gasteiger charge is -2.40. The van der Waals surface area contributed by atoms with E-state index in [1.54, 1.807) is 0 Å². The molecule has 1 aliphatic heterocycles. The van der Waals surface area contributed by atoms with Gasteiger partial charge in [0.1, 0.15) is 0 Å². The largest absolute Gasteiger partial charge is 0.378 e. The van der Waals surface area contributed by atoms with Gasteiger partial charge >= 0.3 is 0 Å². The summed E-state index contributed by atoms with van der Waals surface area (Å²) in [5, 5.41) is 0. The number of allylic oxidation sites excluding steroid dienone is 1. The number of hydrogen-bond donors (Lipinski definition) is 0. The summed E-state index contributed by atoms with van der Waals surface area (Å²) in [6.45, 7) is 12.9. The third-order valence-electron chi connectivity index (χ3n) is 5.02. The fourth-order valence-corrected chi connectivity index (χ4v) is 3.64. The second kappa shape index (κ2) is 9.02. The first-order chi connectivity index (χ1) is 12.0. The average molecular weight is 348 g/mol. The van der Waals surface area contributed by atoms with Crippen LogP contribution in [0.25, 0.3) is 0 Å². The van der Waals surface area contributed by atoms with E-state index in [4.69, 9.17) is 0 Å². The highest BCUT2D eigenvalue weighted by atomic mass is 19.1. The topological polar surface area (TPSA) is 6.48 Å². The van der Waals surface area contributed by atoms with Crippen LogP contribution in [0.5, 0.6) is 0 Å². The number of piperidine rings is 1. The number of rotatable bonds is 8. The van der Waals surface area contributed by atoms with Crippen molar-refractivity contribution in [2.24, 2.45) is 5.92 Å². The summed E-state index contributed by atoms with van der Waals surface area (Å²) in [6, 6.07) is 6.55. The second-order valence-corrected chi connectivity index (χ2v) is 7.05. The number of hydrogen-bond acceptors (Lipinski definition) is 2. The Morgan fingerprint density at radius 1 is 1.32 bits per heavy atom. The Labute approximate surface area is 150 Å². The van der Waals surface area contributed by atoms with Crippen molar-refractivity contribution in [2.75, 3.05) is 31.3 Å². The van der Waals surface area contributed by atoms with Crippen LogP contribution in [0.1, 0.15) is 30.9 Å². The maximum atomic E-state index is 12.8. The van der Waals surface area contributed by atoms with Gasteiger partial charge in [-0.15, -0.1) is 0 Å². The molecule has 0 aromatic heterocycles. The molecule has 2 rings (SSSR count). The van der Waals surface area contributed by atoms with Gasteiger partial charge in [0, 0.05) is 36.4 Å². The zero-order valence-electron chi connectivity index (χ0n) is 15.5. The van der Waals surface area contributed by atoms with Crippen molar-refractivity contribution in [3.05, 3.63) is 54.4 Å². The molecule has 0 unspecified atom stereocenters. The highest BCUT2D eigenvalue weighted by molar-refractivity contribution is 5.59. The SMILES string of the molecule is C=CN1CCC(N(C(=C)C)c2ccc(CC(CF)CF)cc2C)CC1. The molecule has 1 aromatic carbocycles. The molecule has 1 aliphatic rings. The van der Waals surface area contributed by atoms with Gasteiger partial charge in [0.15, 0.2) is 0 Å². The molecule has 2 nitrogen and oxygen atoms in total. The van der Waals surface area contributed by atoms with E-state index >= 15 is 0 Å². The maximum absolute atomic E-state index is 12.8. The van der Waals surface area contributed by atoms with Gasteiger partial charge in [-0.2, -0.15) is 0 Å². The summed E-state index contributed by atoms with van der Waals surface area (Å²) < 4.78 is 25.6. The minimum Gasteiger partial charge on any atom is -0.378 e. The first-order valence-electron chi connectivity index (χ1n) is 9.03. The summed E-state index contributed by atoms with van der Waals surface area (Å²) in [6.07, 6.45) is 4.48. The van der Waals surface area contributed by atoms with E-state index in [-0.39, 0.29) is 0 Å². The van der Waals surface area contributed by atoms with Gasteiger partial charge in [0.2, 0.25) is 0 Å². The molecule has 1 saturated heterocycles. The lowest BCUT2D eigenvalue weighted by molar-refractivity contribution is 0.282. The van der Waals surface area contributed by atoms with Crippen molar-refractivity contribution in [1.29, 1.82) is 0 Å². The van der Waals surface area contributed by atoms with Crippen LogP contribution in [0, 0.1) is 12.8 Å². The van der Waals surface area contributed by atoms with Gasteiger partial charge in [-0.1, -0.05) is 25.3 Å². The van der Waals surface area contributed by atoms with Crippen LogP contribution in [-0.2, 0) is 6.42 Å². The minimum absolute atomic E-state index is 0.419. The van der Waals surface area contributed by atoms with E-state index < -0.39 is 19.3 Å². The standard InChI is InChI=1S/C21H30F2N2/c1-5-24-10-8-20(9-11-24)25(16(2)3)21-7-6-18(12-17(21)4)13-19(14-22)15-23/h5-7,12,19-20H,1-2,8-11,13-15H2,3-4H3. The Morgan fingerprint density at radius 2 is 1.96 bits per heavy atom. The van der Waals surface area contributed by atoms with Gasteiger partial charge < -0.3 is 9.80 Å². The normalized spacial score (nSPS) is 15.5. The maximum Gasteiger partial charge on any atom is 0.0950 e. The van der Waals surface area contributed by atoms with Crippen molar-refractivity contribution in [3.8, 4) is 0 Å². The smallest absolute Gasteiger partial charge is 0.0950 e. The fourth-order valence-electron chi connectivity index (χ4n) is 3.64. The molecule has 138 valence electrons. The molecule has 0 aliphatic carbocycles. The molecule has 0 N–H and O–H groups in total. The lowest BCUT2D eigenvalue weighted by Crippen LogP contribution is -2.42.